The molecule has 4 nitrogen and oxygen atoms in total. The first kappa shape index (κ1) is 14.1. The summed E-state index contributed by atoms with van der Waals surface area (Å²) >= 11 is 0. The molecule has 2 aromatic carbocycles. The smallest absolute Gasteiger partial charge is 0.257 e. The van der Waals surface area contributed by atoms with Gasteiger partial charge in [0.1, 0.15) is 0 Å². The Morgan fingerprint density at radius 2 is 1.95 bits per heavy atom. The average molecular weight is 291 g/mol. The number of para-hydroxylation sites is 1. The van der Waals surface area contributed by atoms with Gasteiger partial charge in [-0.2, -0.15) is 5.10 Å². The minimum atomic E-state index is -0.132. The van der Waals surface area contributed by atoms with Crippen LogP contribution in [-0.2, 0) is 6.54 Å². The quantitative estimate of drug-likeness (QED) is 0.573. The van der Waals surface area contributed by atoms with Crippen LogP contribution in [0.1, 0.15) is 16.7 Å². The number of hydrogen-bond acceptors (Lipinski definition) is 3. The number of rotatable bonds is 4. The summed E-state index contributed by atoms with van der Waals surface area (Å²) < 4.78 is 0. The summed E-state index contributed by atoms with van der Waals surface area (Å²) in [6.07, 6.45) is 1.56. The molecule has 4 heteroatoms. The van der Waals surface area contributed by atoms with Crippen molar-refractivity contribution in [2.24, 2.45) is 5.10 Å². The summed E-state index contributed by atoms with van der Waals surface area (Å²) in [5, 5.41) is 5.14. The lowest BCUT2D eigenvalue weighted by Gasteiger charge is -2.03. The van der Waals surface area contributed by atoms with E-state index >= 15 is 0 Å². The van der Waals surface area contributed by atoms with Crippen LogP contribution in [0.25, 0.3) is 10.9 Å². The molecule has 3 rings (SSSR count). The molecule has 3 aromatic rings. The Morgan fingerprint density at radius 3 is 2.77 bits per heavy atom. The highest BCUT2D eigenvalue weighted by molar-refractivity contribution is 5.88. The Morgan fingerprint density at radius 1 is 1.14 bits per heavy atom. The van der Waals surface area contributed by atoms with Crippen molar-refractivity contribution in [1.29, 1.82) is 0 Å². The number of aromatic amines is 1. The van der Waals surface area contributed by atoms with Gasteiger partial charge in [0.2, 0.25) is 0 Å². The van der Waals surface area contributed by atoms with Gasteiger partial charge in [0.05, 0.1) is 23.8 Å². The molecule has 22 heavy (non-hydrogen) atoms. The highest BCUT2D eigenvalue weighted by Gasteiger charge is 2.02. The molecule has 1 heterocycles. The SMILES string of the molecule is Cc1cccc2cc(C=NNCc3ccccc3)c(=O)[nH]c12. The van der Waals surface area contributed by atoms with E-state index in [2.05, 4.69) is 15.5 Å². The van der Waals surface area contributed by atoms with Crippen LogP contribution in [0.2, 0.25) is 0 Å². The molecule has 0 saturated carbocycles. The van der Waals surface area contributed by atoms with Gasteiger partial charge in [-0.25, -0.2) is 0 Å². The van der Waals surface area contributed by atoms with Gasteiger partial charge in [0.15, 0.2) is 0 Å². The average Bonchev–Trinajstić information content (AvgIpc) is 2.54. The molecule has 0 radical (unpaired) electrons. The predicted molar refractivity (Wildman–Crippen MR) is 90.2 cm³/mol. The molecule has 110 valence electrons. The van der Waals surface area contributed by atoms with E-state index in [0.29, 0.717) is 12.1 Å². The molecule has 2 N–H and O–H groups in total. The van der Waals surface area contributed by atoms with Gasteiger partial charge in [0, 0.05) is 0 Å². The number of benzene rings is 2. The largest absolute Gasteiger partial charge is 0.321 e. The molecule has 1 aromatic heterocycles. The van der Waals surface area contributed by atoms with Crippen LogP contribution < -0.4 is 11.0 Å². The number of H-pyrrole nitrogens is 1. The second-order valence-corrected chi connectivity index (χ2v) is 5.17. The van der Waals surface area contributed by atoms with E-state index in [1.807, 2.05) is 61.5 Å². The minimum absolute atomic E-state index is 0.132. The van der Waals surface area contributed by atoms with Gasteiger partial charge >= 0.3 is 0 Å². The van der Waals surface area contributed by atoms with E-state index in [-0.39, 0.29) is 5.56 Å². The van der Waals surface area contributed by atoms with E-state index in [1.54, 1.807) is 6.21 Å². The van der Waals surface area contributed by atoms with E-state index in [0.717, 1.165) is 22.0 Å². The van der Waals surface area contributed by atoms with Crippen LogP contribution in [0.5, 0.6) is 0 Å². The lowest BCUT2D eigenvalue weighted by molar-refractivity contribution is 0.748. The third kappa shape index (κ3) is 3.06. The normalized spacial score (nSPS) is 11.1. The van der Waals surface area contributed by atoms with Gasteiger partial charge in [-0.1, -0.05) is 48.5 Å². The molecule has 0 spiro atoms. The van der Waals surface area contributed by atoms with Crippen molar-refractivity contribution in [1.82, 2.24) is 10.4 Å². The number of hydrazone groups is 1. The third-order valence-corrected chi connectivity index (χ3v) is 3.54. The third-order valence-electron chi connectivity index (χ3n) is 3.54. The van der Waals surface area contributed by atoms with Crippen molar-refractivity contribution in [2.45, 2.75) is 13.5 Å². The summed E-state index contributed by atoms with van der Waals surface area (Å²) in [7, 11) is 0. The zero-order valence-electron chi connectivity index (χ0n) is 12.3. The fraction of sp³-hybridized carbons (Fsp3) is 0.111. The van der Waals surface area contributed by atoms with E-state index in [9.17, 15) is 4.79 Å². The summed E-state index contributed by atoms with van der Waals surface area (Å²) in [6.45, 7) is 2.61. The first-order valence-electron chi connectivity index (χ1n) is 7.16. The maximum absolute atomic E-state index is 12.1. The van der Waals surface area contributed by atoms with Crippen LogP contribution in [0.4, 0.5) is 0 Å². The second kappa shape index (κ2) is 6.26. The van der Waals surface area contributed by atoms with Gasteiger partial charge in [0.25, 0.3) is 5.56 Å². The van der Waals surface area contributed by atoms with E-state index < -0.39 is 0 Å². The number of aromatic nitrogens is 1. The monoisotopic (exact) mass is 291 g/mol. The Balaban J connectivity index is 1.77. The predicted octanol–water partition coefficient (Wildman–Crippen LogP) is 2.96. The number of nitrogens with one attached hydrogen (secondary N) is 2. The first-order valence-corrected chi connectivity index (χ1v) is 7.16. The lowest BCUT2D eigenvalue weighted by Crippen LogP contribution is -2.14. The number of hydrogen-bond donors (Lipinski definition) is 2. The van der Waals surface area contributed by atoms with Crippen LogP contribution in [-0.4, -0.2) is 11.2 Å². The van der Waals surface area contributed by atoms with Crippen LogP contribution in [0.15, 0.2) is 64.5 Å². The van der Waals surface area contributed by atoms with Crippen molar-refractivity contribution >= 4 is 17.1 Å². The Labute approximate surface area is 128 Å². The van der Waals surface area contributed by atoms with E-state index in [1.165, 1.54) is 0 Å². The number of pyridine rings is 1. The van der Waals surface area contributed by atoms with Crippen LogP contribution in [0, 0.1) is 6.92 Å². The summed E-state index contributed by atoms with van der Waals surface area (Å²) in [4.78, 5) is 15.0. The number of aryl methyl sites for hydroxylation is 1. The molecule has 0 atom stereocenters. The zero-order chi connectivity index (χ0) is 15.4. The molecule has 0 aliphatic rings. The molecular weight excluding hydrogens is 274 g/mol. The molecule has 0 fully saturated rings. The summed E-state index contributed by atoms with van der Waals surface area (Å²) in [6, 6.07) is 17.8. The zero-order valence-corrected chi connectivity index (χ0v) is 12.3. The van der Waals surface area contributed by atoms with Gasteiger partial charge in [-0.05, 0) is 29.5 Å². The second-order valence-electron chi connectivity index (χ2n) is 5.17. The van der Waals surface area contributed by atoms with Crippen molar-refractivity contribution in [3.8, 4) is 0 Å². The maximum atomic E-state index is 12.1. The molecule has 0 aliphatic heterocycles. The standard InChI is InChI=1S/C18H17N3O/c1-13-6-5-9-15-10-16(18(22)21-17(13)15)12-20-19-11-14-7-3-2-4-8-14/h2-10,12,19H,11H2,1H3,(H,21,22). The molecule has 0 saturated heterocycles. The maximum Gasteiger partial charge on any atom is 0.257 e. The van der Waals surface area contributed by atoms with Gasteiger partial charge in [-0.15, -0.1) is 0 Å². The van der Waals surface area contributed by atoms with Crippen LogP contribution in [0.3, 0.4) is 0 Å². The molecule has 0 amide bonds. The number of fused-ring (bicyclic) bond motifs is 1. The van der Waals surface area contributed by atoms with Gasteiger partial charge < -0.3 is 10.4 Å². The fourth-order valence-electron chi connectivity index (χ4n) is 2.34. The molecule has 0 aliphatic carbocycles. The van der Waals surface area contributed by atoms with Crippen molar-refractivity contribution in [3.05, 3.63) is 81.6 Å². The molecule has 0 bridgehead atoms. The highest BCUT2D eigenvalue weighted by Crippen LogP contribution is 2.14. The summed E-state index contributed by atoms with van der Waals surface area (Å²) in [5.41, 5.74) is 6.44. The van der Waals surface area contributed by atoms with Gasteiger partial charge in [-0.3, -0.25) is 4.79 Å². The highest BCUT2D eigenvalue weighted by atomic mass is 16.1. The van der Waals surface area contributed by atoms with Crippen LogP contribution >= 0.6 is 0 Å². The molecule has 0 unspecified atom stereocenters. The van der Waals surface area contributed by atoms with Crippen molar-refractivity contribution in [3.63, 3.8) is 0 Å². The Hall–Kier alpha value is -2.88. The lowest BCUT2D eigenvalue weighted by atomic mass is 10.1. The minimum Gasteiger partial charge on any atom is -0.321 e. The Kier molecular flexibility index (Phi) is 4.01. The fourth-order valence-corrected chi connectivity index (χ4v) is 2.34. The molecular formula is C18H17N3O. The van der Waals surface area contributed by atoms with Crippen molar-refractivity contribution in [2.75, 3.05) is 0 Å². The Bertz CT molecular complexity index is 866. The van der Waals surface area contributed by atoms with Crippen molar-refractivity contribution < 1.29 is 0 Å². The van der Waals surface area contributed by atoms with E-state index in [4.69, 9.17) is 0 Å². The number of nitrogens with zero attached hydrogens (tertiary/aromatic N) is 1. The topological polar surface area (TPSA) is 57.2 Å². The summed E-state index contributed by atoms with van der Waals surface area (Å²) in [5.74, 6) is 0. The first-order chi connectivity index (χ1) is 10.7.